The summed E-state index contributed by atoms with van der Waals surface area (Å²) >= 11 is 4.76. The third-order valence-corrected chi connectivity index (χ3v) is 4.96. The highest BCUT2D eigenvalue weighted by molar-refractivity contribution is 9.10. The van der Waals surface area contributed by atoms with Crippen molar-refractivity contribution in [1.82, 2.24) is 4.90 Å². The summed E-state index contributed by atoms with van der Waals surface area (Å²) in [5, 5.41) is 1.87. The lowest BCUT2D eigenvalue weighted by Gasteiger charge is -2.14. The van der Waals surface area contributed by atoms with Gasteiger partial charge in [-0.3, -0.25) is 9.59 Å². The molecule has 0 aromatic carbocycles. The van der Waals surface area contributed by atoms with Gasteiger partial charge in [-0.1, -0.05) is 13.3 Å². The van der Waals surface area contributed by atoms with Gasteiger partial charge in [-0.15, -0.1) is 11.3 Å². The Hall–Kier alpha value is -0.680. The van der Waals surface area contributed by atoms with Crippen molar-refractivity contribution < 1.29 is 9.59 Å². The highest BCUT2D eigenvalue weighted by atomic mass is 79.9. The van der Waals surface area contributed by atoms with E-state index in [0.717, 1.165) is 17.4 Å². The van der Waals surface area contributed by atoms with Crippen LogP contribution in [0.4, 0.5) is 0 Å². The summed E-state index contributed by atoms with van der Waals surface area (Å²) < 4.78 is 0.825. The third-order valence-electron chi connectivity index (χ3n) is 3.08. The number of likely N-dealkylation sites (tertiary alicyclic amines) is 1. The first kappa shape index (κ1) is 12.8. The summed E-state index contributed by atoms with van der Waals surface area (Å²) in [4.78, 5) is 26.1. The van der Waals surface area contributed by atoms with Gasteiger partial charge in [0.15, 0.2) is 5.78 Å². The Kier molecular flexibility index (Phi) is 3.99. The Bertz CT molecular complexity index is 443. The Balaban J connectivity index is 2.00. The van der Waals surface area contributed by atoms with Crippen LogP contribution in [0.5, 0.6) is 0 Å². The first-order valence-electron chi connectivity index (χ1n) is 5.65. The smallest absolute Gasteiger partial charge is 0.223 e. The van der Waals surface area contributed by atoms with Gasteiger partial charge in [0.05, 0.1) is 11.4 Å². The van der Waals surface area contributed by atoms with Gasteiger partial charge >= 0.3 is 0 Å². The molecule has 0 radical (unpaired) electrons. The van der Waals surface area contributed by atoms with Crippen molar-refractivity contribution in [2.45, 2.75) is 19.8 Å². The standard InChI is InChI=1S/C12H14BrNO2S/c1-2-8-5-11(16)14(6-8)7-10(15)12-9(13)3-4-17-12/h3-4,8H,2,5-7H2,1H3. The summed E-state index contributed by atoms with van der Waals surface area (Å²) in [5.74, 6) is 0.553. The zero-order valence-electron chi connectivity index (χ0n) is 9.61. The van der Waals surface area contributed by atoms with E-state index in [9.17, 15) is 9.59 Å². The average molecular weight is 316 g/mol. The predicted molar refractivity (Wildman–Crippen MR) is 71.3 cm³/mol. The number of hydrogen-bond donors (Lipinski definition) is 0. The molecule has 3 nitrogen and oxygen atoms in total. The van der Waals surface area contributed by atoms with Crippen molar-refractivity contribution >= 4 is 39.0 Å². The van der Waals surface area contributed by atoms with E-state index < -0.39 is 0 Å². The topological polar surface area (TPSA) is 37.4 Å². The molecule has 1 aromatic rings. The number of ketones is 1. The summed E-state index contributed by atoms with van der Waals surface area (Å²) in [6, 6.07) is 1.86. The number of carbonyl (C=O) groups is 2. The van der Waals surface area contributed by atoms with Gasteiger partial charge < -0.3 is 4.90 Å². The molecule has 0 saturated carbocycles. The number of Topliss-reactive ketones (excluding diaryl/α,β-unsaturated/α-hetero) is 1. The quantitative estimate of drug-likeness (QED) is 0.801. The van der Waals surface area contributed by atoms with Gasteiger partial charge in [0.2, 0.25) is 5.91 Å². The van der Waals surface area contributed by atoms with Gasteiger partial charge in [0.1, 0.15) is 0 Å². The van der Waals surface area contributed by atoms with Gasteiger partial charge in [-0.2, -0.15) is 0 Å². The fourth-order valence-corrected chi connectivity index (χ4v) is 3.54. The molecule has 5 heteroatoms. The molecular formula is C12H14BrNO2S. The van der Waals surface area contributed by atoms with Crippen LogP contribution >= 0.6 is 27.3 Å². The lowest BCUT2D eigenvalue weighted by Crippen LogP contribution is -2.31. The Morgan fingerprint density at radius 3 is 2.94 bits per heavy atom. The minimum Gasteiger partial charge on any atom is -0.335 e. The van der Waals surface area contributed by atoms with Crippen LogP contribution in [0, 0.1) is 5.92 Å². The van der Waals surface area contributed by atoms with E-state index in [0.29, 0.717) is 17.2 Å². The average Bonchev–Trinajstić information content (AvgIpc) is 2.86. The first-order valence-corrected chi connectivity index (χ1v) is 7.33. The van der Waals surface area contributed by atoms with Crippen molar-refractivity contribution in [2.75, 3.05) is 13.1 Å². The monoisotopic (exact) mass is 315 g/mol. The molecule has 0 N–H and O–H groups in total. The number of carbonyl (C=O) groups excluding carboxylic acids is 2. The molecule has 92 valence electrons. The molecule has 1 aliphatic rings. The van der Waals surface area contributed by atoms with Crippen LogP contribution in [-0.2, 0) is 4.79 Å². The number of rotatable bonds is 4. The SMILES string of the molecule is CCC1CC(=O)N(CC(=O)c2sccc2Br)C1. The van der Waals surface area contributed by atoms with E-state index in [1.165, 1.54) is 11.3 Å². The molecule has 1 fully saturated rings. The molecule has 1 aromatic heterocycles. The summed E-state index contributed by atoms with van der Waals surface area (Å²) in [5.41, 5.74) is 0. The number of thiophene rings is 1. The van der Waals surface area contributed by atoms with Crippen molar-refractivity contribution in [2.24, 2.45) is 5.92 Å². The third kappa shape index (κ3) is 2.77. The Morgan fingerprint density at radius 1 is 1.65 bits per heavy atom. The van der Waals surface area contributed by atoms with Gasteiger partial charge in [-0.25, -0.2) is 0 Å². The summed E-state index contributed by atoms with van der Waals surface area (Å²) in [6.45, 7) is 3.03. The maximum absolute atomic E-state index is 12.0. The molecule has 17 heavy (non-hydrogen) atoms. The van der Waals surface area contributed by atoms with Crippen LogP contribution < -0.4 is 0 Å². The zero-order valence-corrected chi connectivity index (χ0v) is 12.0. The molecule has 1 atom stereocenters. The second kappa shape index (κ2) is 5.31. The molecule has 1 aliphatic heterocycles. The molecule has 1 amide bonds. The summed E-state index contributed by atoms with van der Waals surface area (Å²) in [7, 11) is 0. The molecule has 1 unspecified atom stereocenters. The van der Waals surface area contributed by atoms with E-state index in [1.807, 2.05) is 11.4 Å². The molecular weight excluding hydrogens is 302 g/mol. The van der Waals surface area contributed by atoms with Crippen molar-refractivity contribution in [1.29, 1.82) is 0 Å². The largest absolute Gasteiger partial charge is 0.335 e. The van der Waals surface area contributed by atoms with Crippen molar-refractivity contribution in [3.05, 3.63) is 20.8 Å². The van der Waals surface area contributed by atoms with Crippen LogP contribution in [0.1, 0.15) is 29.4 Å². The molecule has 0 aliphatic carbocycles. The van der Waals surface area contributed by atoms with Crippen LogP contribution in [-0.4, -0.2) is 29.7 Å². The number of hydrogen-bond acceptors (Lipinski definition) is 3. The van der Waals surface area contributed by atoms with Crippen molar-refractivity contribution in [3.63, 3.8) is 0 Å². The van der Waals surface area contributed by atoms with Crippen LogP contribution in [0.15, 0.2) is 15.9 Å². The minimum absolute atomic E-state index is 0.0250. The molecule has 2 heterocycles. The summed E-state index contributed by atoms with van der Waals surface area (Å²) in [6.07, 6.45) is 1.59. The van der Waals surface area contributed by atoms with E-state index in [4.69, 9.17) is 0 Å². The fraction of sp³-hybridized carbons (Fsp3) is 0.500. The Labute approximate surface area is 113 Å². The van der Waals surface area contributed by atoms with E-state index in [1.54, 1.807) is 4.90 Å². The fourth-order valence-electron chi connectivity index (χ4n) is 2.02. The molecule has 0 spiro atoms. The lowest BCUT2D eigenvalue weighted by atomic mass is 10.1. The second-order valence-electron chi connectivity index (χ2n) is 4.27. The maximum atomic E-state index is 12.0. The normalized spacial score (nSPS) is 20.0. The zero-order chi connectivity index (χ0) is 12.4. The minimum atomic E-state index is 0.0250. The first-order chi connectivity index (χ1) is 8.11. The van der Waals surface area contributed by atoms with E-state index >= 15 is 0 Å². The predicted octanol–water partition coefficient (Wildman–Crippen LogP) is 2.95. The van der Waals surface area contributed by atoms with E-state index in [2.05, 4.69) is 22.9 Å². The van der Waals surface area contributed by atoms with Crippen LogP contribution in [0.25, 0.3) is 0 Å². The number of amides is 1. The number of halogens is 1. The Morgan fingerprint density at radius 2 is 2.41 bits per heavy atom. The van der Waals surface area contributed by atoms with E-state index in [-0.39, 0.29) is 18.2 Å². The van der Waals surface area contributed by atoms with Gasteiger partial charge in [-0.05, 0) is 33.3 Å². The molecule has 1 saturated heterocycles. The molecule has 2 rings (SSSR count). The maximum Gasteiger partial charge on any atom is 0.223 e. The van der Waals surface area contributed by atoms with Gasteiger partial charge in [0.25, 0.3) is 0 Å². The second-order valence-corrected chi connectivity index (χ2v) is 6.04. The van der Waals surface area contributed by atoms with Crippen LogP contribution in [0.3, 0.4) is 0 Å². The molecule has 0 bridgehead atoms. The highest BCUT2D eigenvalue weighted by Gasteiger charge is 2.30. The number of nitrogens with zero attached hydrogens (tertiary/aromatic N) is 1. The van der Waals surface area contributed by atoms with Gasteiger partial charge in [0, 0.05) is 17.4 Å². The lowest BCUT2D eigenvalue weighted by molar-refractivity contribution is -0.127. The van der Waals surface area contributed by atoms with Crippen molar-refractivity contribution in [3.8, 4) is 0 Å². The highest BCUT2D eigenvalue weighted by Crippen LogP contribution is 2.25. The van der Waals surface area contributed by atoms with Crippen LogP contribution in [0.2, 0.25) is 0 Å².